The maximum atomic E-state index is 12.2. The van der Waals surface area contributed by atoms with Crippen molar-refractivity contribution in [1.82, 2.24) is 9.80 Å². The summed E-state index contributed by atoms with van der Waals surface area (Å²) >= 11 is 0. The Balaban J connectivity index is 1.60. The Morgan fingerprint density at radius 2 is 2.03 bits per heavy atom. The summed E-state index contributed by atoms with van der Waals surface area (Å²) in [6.45, 7) is 6.17. The largest absolute Gasteiger partial charge is 0.504 e. The van der Waals surface area contributed by atoms with Crippen molar-refractivity contribution in [3.8, 4) is 5.75 Å². The highest BCUT2D eigenvalue weighted by Crippen LogP contribution is 2.54. The molecule has 5 rings (SSSR count). The Labute approximate surface area is 202 Å². The number of rotatable bonds is 6. The van der Waals surface area contributed by atoms with E-state index in [-0.39, 0.29) is 23.4 Å². The predicted octanol–water partition coefficient (Wildman–Crippen LogP) is 4.20. The highest BCUT2D eigenvalue weighted by molar-refractivity contribution is 6.06. The summed E-state index contributed by atoms with van der Waals surface area (Å²) in [6, 6.07) is 6.32. The molecule has 0 radical (unpaired) electrons. The van der Waals surface area contributed by atoms with Crippen LogP contribution in [0.4, 0.5) is 5.69 Å². The van der Waals surface area contributed by atoms with E-state index in [2.05, 4.69) is 28.9 Å². The van der Waals surface area contributed by atoms with Gasteiger partial charge in [0.25, 0.3) is 0 Å². The molecule has 1 aromatic carbocycles. The molecule has 0 bridgehead atoms. The molecule has 0 amide bonds. The van der Waals surface area contributed by atoms with Crippen molar-refractivity contribution >= 4 is 17.4 Å². The van der Waals surface area contributed by atoms with Crippen molar-refractivity contribution in [2.45, 2.75) is 57.0 Å². The van der Waals surface area contributed by atoms with Gasteiger partial charge in [0.1, 0.15) is 5.75 Å². The van der Waals surface area contributed by atoms with Gasteiger partial charge in [-0.25, -0.2) is 4.79 Å². The fraction of sp³-hybridized carbons (Fsp3) is 0.630. The number of hydrogen-bond donors (Lipinski definition) is 1. The van der Waals surface area contributed by atoms with Crippen molar-refractivity contribution in [3.63, 3.8) is 0 Å². The van der Waals surface area contributed by atoms with Gasteiger partial charge in [-0.1, -0.05) is 25.8 Å². The van der Waals surface area contributed by atoms with E-state index in [9.17, 15) is 9.90 Å². The topological polar surface area (TPSA) is 74.6 Å². The number of benzene rings is 1. The van der Waals surface area contributed by atoms with Gasteiger partial charge in [0.2, 0.25) is 0 Å². The average Bonchev–Trinajstić information content (AvgIpc) is 3.23. The molecule has 0 aromatic heterocycles. The smallest absolute Gasteiger partial charge is 0.334 e. The fourth-order valence-electron chi connectivity index (χ4n) is 7.10. The average molecular weight is 468 g/mol. The number of piperidine rings is 3. The van der Waals surface area contributed by atoms with Crippen LogP contribution in [-0.4, -0.2) is 73.0 Å². The summed E-state index contributed by atoms with van der Waals surface area (Å²) in [4.78, 5) is 22.7. The zero-order valence-electron chi connectivity index (χ0n) is 20.6. The highest BCUT2D eigenvalue weighted by atomic mass is 16.5. The summed E-state index contributed by atoms with van der Waals surface area (Å²) in [5.41, 5.74) is 3.55. The summed E-state index contributed by atoms with van der Waals surface area (Å²) in [5.74, 6) is 0.263. The summed E-state index contributed by atoms with van der Waals surface area (Å²) < 4.78 is 11.1. The third-order valence-electron chi connectivity index (χ3n) is 8.65. The summed E-state index contributed by atoms with van der Waals surface area (Å²) in [6.07, 6.45) is 7.82. The fourth-order valence-corrected chi connectivity index (χ4v) is 7.10. The normalized spacial score (nSPS) is 31.8. The monoisotopic (exact) mass is 467 g/mol. The third-order valence-corrected chi connectivity index (χ3v) is 8.65. The van der Waals surface area contributed by atoms with E-state index in [1.54, 1.807) is 7.11 Å². The number of aliphatic imine (C=N–C) groups is 1. The minimum Gasteiger partial charge on any atom is -0.504 e. The number of methoxy groups -OCH3 is 2. The van der Waals surface area contributed by atoms with Crippen molar-refractivity contribution < 1.29 is 19.4 Å². The van der Waals surface area contributed by atoms with E-state index in [1.807, 2.05) is 6.07 Å². The van der Waals surface area contributed by atoms with Gasteiger partial charge in [0.05, 0.1) is 49.0 Å². The standard InChI is InChI=1S/C27H37N3O4/c1-4-18-16-29-14-11-27(30-12-6-5-7-13-30)24-21(9-8-10-23(24)34-3)28-25(27)22(29)15-19(18)20(17-33-2)26(31)32/h8-10,17-19,22H,4-7,11-16H2,1-3H3,(H,31,32)/b20-17+/t18-,19+,22+,27+/m1/s1. The first-order valence-corrected chi connectivity index (χ1v) is 12.8. The van der Waals surface area contributed by atoms with Gasteiger partial charge in [-0.2, -0.15) is 0 Å². The molecular formula is C27H37N3O4. The number of carboxylic acid groups (broad SMARTS) is 1. The predicted molar refractivity (Wildman–Crippen MR) is 132 cm³/mol. The number of carboxylic acids is 1. The van der Waals surface area contributed by atoms with E-state index in [1.165, 1.54) is 43.9 Å². The van der Waals surface area contributed by atoms with Crippen LogP contribution in [0.2, 0.25) is 0 Å². The Bertz CT molecular complexity index is 1000. The molecule has 0 aliphatic carbocycles. The van der Waals surface area contributed by atoms with Crippen LogP contribution >= 0.6 is 0 Å². The number of carbonyl (C=O) groups is 1. The first kappa shape index (κ1) is 23.4. The van der Waals surface area contributed by atoms with Crippen LogP contribution in [0.25, 0.3) is 0 Å². The zero-order valence-corrected chi connectivity index (χ0v) is 20.6. The van der Waals surface area contributed by atoms with Crippen molar-refractivity contribution in [3.05, 3.63) is 35.6 Å². The van der Waals surface area contributed by atoms with Gasteiger partial charge in [0.15, 0.2) is 0 Å². The molecule has 0 spiro atoms. The van der Waals surface area contributed by atoms with Crippen LogP contribution < -0.4 is 4.74 Å². The highest BCUT2D eigenvalue weighted by Gasteiger charge is 2.57. The lowest BCUT2D eigenvalue weighted by Crippen LogP contribution is -2.66. The molecule has 0 saturated carbocycles. The van der Waals surface area contributed by atoms with E-state index in [0.717, 1.165) is 56.9 Å². The van der Waals surface area contributed by atoms with E-state index in [0.29, 0.717) is 5.57 Å². The number of likely N-dealkylation sites (tertiary alicyclic amines) is 1. The molecule has 4 aliphatic heterocycles. The molecule has 0 unspecified atom stereocenters. The molecular weight excluding hydrogens is 430 g/mol. The lowest BCUT2D eigenvalue weighted by Gasteiger charge is -2.55. The number of aliphatic carboxylic acids is 1. The molecule has 1 aromatic rings. The molecule has 4 atom stereocenters. The van der Waals surface area contributed by atoms with Crippen LogP contribution in [-0.2, 0) is 15.1 Å². The molecule has 1 N–H and O–H groups in total. The lowest BCUT2D eigenvalue weighted by molar-refractivity contribution is -0.134. The van der Waals surface area contributed by atoms with E-state index >= 15 is 0 Å². The van der Waals surface area contributed by atoms with Gasteiger partial charge in [-0.15, -0.1) is 0 Å². The van der Waals surface area contributed by atoms with E-state index in [4.69, 9.17) is 14.5 Å². The number of fused-ring (bicyclic) bond motifs is 5. The number of hydrogen-bond acceptors (Lipinski definition) is 6. The SMILES string of the molecule is CC[C@@H]1CN2CC[C@@]3(N4CCCCC4)C(=Nc4cccc(OC)c43)[C@@H]2C[C@@H]1/C(=C\OC)C(=O)O. The van der Waals surface area contributed by atoms with Crippen LogP contribution in [0.1, 0.15) is 51.0 Å². The minimum atomic E-state index is -0.879. The van der Waals surface area contributed by atoms with E-state index < -0.39 is 5.97 Å². The lowest BCUT2D eigenvalue weighted by atomic mass is 9.68. The Morgan fingerprint density at radius 1 is 1.24 bits per heavy atom. The first-order chi connectivity index (χ1) is 16.5. The number of ether oxygens (including phenoxy) is 2. The Kier molecular flexibility index (Phi) is 6.42. The third kappa shape index (κ3) is 3.55. The van der Waals surface area contributed by atoms with Crippen LogP contribution in [0.3, 0.4) is 0 Å². The second-order valence-electron chi connectivity index (χ2n) is 10.1. The van der Waals surface area contributed by atoms with Gasteiger partial charge in [0, 0.05) is 18.7 Å². The molecule has 4 heterocycles. The maximum Gasteiger partial charge on any atom is 0.334 e. The Hall–Kier alpha value is -2.38. The maximum absolute atomic E-state index is 12.2. The molecule has 3 fully saturated rings. The zero-order chi connectivity index (χ0) is 23.9. The molecule has 7 heteroatoms. The minimum absolute atomic E-state index is 0.0610. The first-order valence-electron chi connectivity index (χ1n) is 12.8. The molecule has 34 heavy (non-hydrogen) atoms. The second-order valence-corrected chi connectivity index (χ2v) is 10.1. The van der Waals surface area contributed by atoms with Gasteiger partial charge in [-0.3, -0.25) is 14.8 Å². The van der Waals surface area contributed by atoms with Crippen molar-refractivity contribution in [2.75, 3.05) is 40.4 Å². The quantitative estimate of drug-likeness (QED) is 0.499. The second kappa shape index (κ2) is 9.34. The molecule has 3 saturated heterocycles. The van der Waals surface area contributed by atoms with Crippen LogP contribution in [0.5, 0.6) is 5.75 Å². The molecule has 184 valence electrons. The summed E-state index contributed by atoms with van der Waals surface area (Å²) in [5, 5.41) is 10.0. The Morgan fingerprint density at radius 3 is 2.71 bits per heavy atom. The van der Waals surface area contributed by atoms with Gasteiger partial charge >= 0.3 is 5.97 Å². The van der Waals surface area contributed by atoms with Gasteiger partial charge < -0.3 is 14.6 Å². The number of nitrogens with zero attached hydrogens (tertiary/aromatic N) is 3. The molecule has 4 aliphatic rings. The van der Waals surface area contributed by atoms with Crippen LogP contribution in [0, 0.1) is 11.8 Å². The van der Waals surface area contributed by atoms with Crippen molar-refractivity contribution in [2.24, 2.45) is 16.8 Å². The van der Waals surface area contributed by atoms with Gasteiger partial charge in [-0.05, 0) is 62.7 Å². The summed E-state index contributed by atoms with van der Waals surface area (Å²) in [7, 11) is 3.29. The van der Waals surface area contributed by atoms with Crippen molar-refractivity contribution in [1.29, 1.82) is 0 Å². The van der Waals surface area contributed by atoms with Crippen LogP contribution in [0.15, 0.2) is 35.0 Å². The molecule has 7 nitrogen and oxygen atoms in total.